The van der Waals surface area contributed by atoms with Gasteiger partial charge in [-0.25, -0.2) is 5.43 Å². The van der Waals surface area contributed by atoms with Gasteiger partial charge < -0.3 is 15.4 Å². The van der Waals surface area contributed by atoms with Gasteiger partial charge in [0.25, 0.3) is 0 Å². The lowest BCUT2D eigenvalue weighted by Crippen LogP contribution is -2.63. The minimum atomic E-state index is -0.616. The van der Waals surface area contributed by atoms with Crippen LogP contribution in [0.4, 0.5) is 0 Å². The monoisotopic (exact) mass is 476 g/mol. The van der Waals surface area contributed by atoms with Crippen molar-refractivity contribution in [3.63, 3.8) is 0 Å². The van der Waals surface area contributed by atoms with Crippen molar-refractivity contribution >= 4 is 11.8 Å². The van der Waals surface area contributed by atoms with Crippen molar-refractivity contribution in [3.05, 3.63) is 0 Å². The number of hydrogen-bond acceptors (Lipinski definition) is 5. The lowest BCUT2D eigenvalue weighted by molar-refractivity contribution is -0.145. The molecular formula is C27H48N4O3. The number of hydrogen-bond donors (Lipinski definition) is 4. The summed E-state index contributed by atoms with van der Waals surface area (Å²) in [7, 11) is 0. The van der Waals surface area contributed by atoms with E-state index >= 15 is 0 Å². The van der Waals surface area contributed by atoms with Gasteiger partial charge in [0.15, 0.2) is 0 Å². The third kappa shape index (κ3) is 5.96. The second-order valence-electron chi connectivity index (χ2n) is 11.4. The molecule has 4 N–H and O–H groups in total. The Hall–Kier alpha value is -1.18. The van der Waals surface area contributed by atoms with Crippen LogP contribution in [0.1, 0.15) is 110 Å². The van der Waals surface area contributed by atoms with Gasteiger partial charge in [0.1, 0.15) is 5.92 Å². The fraction of sp³-hybridized carbons (Fsp3) is 0.926. The molecule has 7 nitrogen and oxygen atoms in total. The Morgan fingerprint density at radius 2 is 1.71 bits per heavy atom. The van der Waals surface area contributed by atoms with E-state index in [1.54, 1.807) is 0 Å². The molecule has 5 atom stereocenters. The topological polar surface area (TPSA) is 91.5 Å². The Bertz CT molecular complexity index is 667. The standard InChI is InChI=1S/C27H48N4O3/c1-3-19(4-2)21-17-23(31-30-21)28-25(32)20-18-27(14-10-8-6-5-7-9-11-15-27)24(29-26(20)33)22-13-12-16-34-22/h19-24,30-31H,3-18H2,1-2H3,(H,28,32)(H,29,33). The number of amides is 2. The van der Waals surface area contributed by atoms with E-state index in [4.69, 9.17) is 4.74 Å². The molecule has 4 rings (SSSR count). The molecule has 0 aromatic heterocycles. The number of carbonyl (C=O) groups is 2. The van der Waals surface area contributed by atoms with Gasteiger partial charge in [-0.1, -0.05) is 71.6 Å². The molecule has 2 amide bonds. The zero-order valence-electron chi connectivity index (χ0n) is 21.5. The third-order valence-electron chi connectivity index (χ3n) is 9.25. The van der Waals surface area contributed by atoms with Gasteiger partial charge in [0.05, 0.1) is 18.3 Å². The van der Waals surface area contributed by atoms with Gasteiger partial charge in [0, 0.05) is 12.6 Å². The Morgan fingerprint density at radius 1 is 1.03 bits per heavy atom. The second-order valence-corrected chi connectivity index (χ2v) is 11.4. The summed E-state index contributed by atoms with van der Waals surface area (Å²) in [6.07, 6.45) is 16.8. The van der Waals surface area contributed by atoms with E-state index in [-0.39, 0.29) is 35.5 Å². The highest BCUT2D eigenvalue weighted by Crippen LogP contribution is 2.47. The highest BCUT2D eigenvalue weighted by atomic mass is 16.5. The summed E-state index contributed by atoms with van der Waals surface area (Å²) in [4.78, 5) is 26.7. The van der Waals surface area contributed by atoms with E-state index in [1.807, 2.05) is 0 Å². The Labute approximate surface area is 206 Å². The quantitative estimate of drug-likeness (QED) is 0.436. The minimum Gasteiger partial charge on any atom is -0.376 e. The SMILES string of the molecule is CCC(CC)C1CC(NC(=O)C2CC3(CCCCCCCCC3)C(C3CCCO3)NC2=O)NN1. The number of hydrazine groups is 1. The average Bonchev–Trinajstić information content (AvgIpc) is 3.53. The lowest BCUT2D eigenvalue weighted by atomic mass is 9.62. The maximum absolute atomic E-state index is 13.4. The molecule has 5 unspecified atom stereocenters. The van der Waals surface area contributed by atoms with Crippen LogP contribution in [0.5, 0.6) is 0 Å². The van der Waals surface area contributed by atoms with Crippen molar-refractivity contribution in [1.82, 2.24) is 21.5 Å². The normalized spacial score (nSPS) is 34.8. The number of rotatable bonds is 6. The van der Waals surface area contributed by atoms with Crippen molar-refractivity contribution in [1.29, 1.82) is 0 Å². The second kappa shape index (κ2) is 12.2. The average molecular weight is 477 g/mol. The number of nitrogens with one attached hydrogen (secondary N) is 4. The highest BCUT2D eigenvalue weighted by molar-refractivity contribution is 6.01. The zero-order valence-corrected chi connectivity index (χ0v) is 21.5. The molecule has 194 valence electrons. The van der Waals surface area contributed by atoms with Crippen LogP contribution in [0.2, 0.25) is 0 Å². The minimum absolute atomic E-state index is 0.0384. The van der Waals surface area contributed by atoms with Crippen molar-refractivity contribution in [2.24, 2.45) is 17.3 Å². The Kier molecular flexibility index (Phi) is 9.28. The highest BCUT2D eigenvalue weighted by Gasteiger charge is 2.52. The van der Waals surface area contributed by atoms with Gasteiger partial charge in [-0.3, -0.25) is 15.0 Å². The molecule has 7 heteroatoms. The number of ether oxygens (including phenoxy) is 1. The van der Waals surface area contributed by atoms with Crippen molar-refractivity contribution in [3.8, 4) is 0 Å². The molecule has 4 fully saturated rings. The molecule has 0 bridgehead atoms. The van der Waals surface area contributed by atoms with Crippen molar-refractivity contribution in [2.45, 2.75) is 135 Å². The van der Waals surface area contributed by atoms with Crippen LogP contribution in [0.15, 0.2) is 0 Å². The molecule has 1 spiro atoms. The largest absolute Gasteiger partial charge is 0.376 e. The van der Waals surface area contributed by atoms with Gasteiger partial charge >= 0.3 is 0 Å². The van der Waals surface area contributed by atoms with Gasteiger partial charge in [-0.05, 0) is 49.9 Å². The summed E-state index contributed by atoms with van der Waals surface area (Å²) in [5, 5.41) is 6.51. The predicted octanol–water partition coefficient (Wildman–Crippen LogP) is 3.93. The van der Waals surface area contributed by atoms with Crippen molar-refractivity contribution in [2.75, 3.05) is 6.61 Å². The maximum atomic E-state index is 13.4. The van der Waals surface area contributed by atoms with E-state index in [0.29, 0.717) is 18.4 Å². The van der Waals surface area contributed by atoms with Crippen LogP contribution in [-0.2, 0) is 14.3 Å². The van der Waals surface area contributed by atoms with Crippen LogP contribution in [0.3, 0.4) is 0 Å². The number of piperidine rings is 1. The van der Waals surface area contributed by atoms with Crippen LogP contribution in [-0.4, -0.2) is 42.8 Å². The van der Waals surface area contributed by atoms with Crippen LogP contribution < -0.4 is 21.5 Å². The van der Waals surface area contributed by atoms with Crippen LogP contribution in [0.25, 0.3) is 0 Å². The van der Waals surface area contributed by atoms with E-state index < -0.39 is 5.92 Å². The molecule has 34 heavy (non-hydrogen) atoms. The van der Waals surface area contributed by atoms with E-state index in [1.165, 1.54) is 44.9 Å². The molecule has 1 aliphatic carbocycles. The molecule has 0 aromatic rings. The smallest absolute Gasteiger partial charge is 0.233 e. The molecule has 3 heterocycles. The molecule has 3 saturated heterocycles. The Morgan fingerprint density at radius 3 is 2.32 bits per heavy atom. The summed E-state index contributed by atoms with van der Waals surface area (Å²) in [6, 6.07) is 0.394. The summed E-state index contributed by atoms with van der Waals surface area (Å²) in [5.74, 6) is -0.257. The molecule has 4 aliphatic rings. The van der Waals surface area contributed by atoms with Crippen LogP contribution in [0, 0.1) is 17.3 Å². The zero-order chi connectivity index (χ0) is 24.0. The first-order valence-electron chi connectivity index (χ1n) is 14.3. The fourth-order valence-corrected chi connectivity index (χ4v) is 7.19. The van der Waals surface area contributed by atoms with Gasteiger partial charge in [-0.15, -0.1) is 0 Å². The first kappa shape index (κ1) is 25.9. The van der Waals surface area contributed by atoms with E-state index in [0.717, 1.165) is 51.6 Å². The first-order valence-corrected chi connectivity index (χ1v) is 14.3. The maximum Gasteiger partial charge on any atom is 0.233 e. The third-order valence-corrected chi connectivity index (χ3v) is 9.25. The summed E-state index contributed by atoms with van der Waals surface area (Å²) < 4.78 is 6.12. The molecule has 1 saturated carbocycles. The number of carbonyl (C=O) groups excluding carboxylic acids is 2. The summed E-state index contributed by atoms with van der Waals surface area (Å²) >= 11 is 0. The molecular weight excluding hydrogens is 428 g/mol. The molecule has 3 aliphatic heterocycles. The Balaban J connectivity index is 1.46. The van der Waals surface area contributed by atoms with Crippen LogP contribution >= 0.6 is 0 Å². The summed E-state index contributed by atoms with van der Waals surface area (Å²) in [5.41, 5.74) is 6.60. The summed E-state index contributed by atoms with van der Waals surface area (Å²) in [6.45, 7) is 5.23. The predicted molar refractivity (Wildman–Crippen MR) is 134 cm³/mol. The van der Waals surface area contributed by atoms with E-state index in [9.17, 15) is 9.59 Å². The first-order chi connectivity index (χ1) is 16.6. The van der Waals surface area contributed by atoms with Gasteiger partial charge in [-0.2, -0.15) is 0 Å². The molecule has 0 radical (unpaired) electrons. The van der Waals surface area contributed by atoms with Crippen molar-refractivity contribution < 1.29 is 14.3 Å². The molecule has 0 aromatic carbocycles. The lowest BCUT2D eigenvalue weighted by Gasteiger charge is -2.49. The van der Waals surface area contributed by atoms with E-state index in [2.05, 4.69) is 35.3 Å². The van der Waals surface area contributed by atoms with Gasteiger partial charge in [0.2, 0.25) is 11.8 Å². The fourth-order valence-electron chi connectivity index (χ4n) is 7.19.